The predicted octanol–water partition coefficient (Wildman–Crippen LogP) is 0.872. The fraction of sp³-hybridized carbons (Fsp3) is 0.176. The number of benzene rings is 1. The number of aromatic amines is 1. The molecule has 2 amide bonds. The molecule has 1 aromatic carbocycles. The van der Waals surface area contributed by atoms with Gasteiger partial charge in [0.1, 0.15) is 5.56 Å². The Morgan fingerprint density at radius 3 is 2.40 bits per heavy atom. The second kappa shape index (κ2) is 7.91. The number of nitrogens with one attached hydrogen (secondary N) is 2. The van der Waals surface area contributed by atoms with E-state index in [0.717, 1.165) is 0 Å². The van der Waals surface area contributed by atoms with Gasteiger partial charge in [0.15, 0.2) is 6.61 Å². The quantitative estimate of drug-likeness (QED) is 0.783. The Bertz CT molecular complexity index is 840. The van der Waals surface area contributed by atoms with E-state index in [1.807, 2.05) is 0 Å². The minimum atomic E-state index is -0.885. The number of amides is 2. The summed E-state index contributed by atoms with van der Waals surface area (Å²) in [4.78, 5) is 50.6. The second-order valence-corrected chi connectivity index (χ2v) is 5.31. The molecule has 0 radical (unpaired) electrons. The molecule has 2 rings (SSSR count). The number of anilines is 1. The second-order valence-electron chi connectivity index (χ2n) is 5.31. The van der Waals surface area contributed by atoms with Gasteiger partial charge in [0.25, 0.3) is 17.4 Å². The number of nitrogens with zero attached hydrogens (tertiary/aromatic N) is 1. The van der Waals surface area contributed by atoms with Crippen molar-refractivity contribution < 1.29 is 19.1 Å². The molecular formula is C17H17N3O5. The summed E-state index contributed by atoms with van der Waals surface area (Å²) in [6.45, 7) is -0.536. The smallest absolute Gasteiger partial charge is 0.344 e. The van der Waals surface area contributed by atoms with Gasteiger partial charge in [-0.2, -0.15) is 0 Å². The van der Waals surface area contributed by atoms with Gasteiger partial charge in [-0.05, 0) is 36.4 Å². The monoisotopic (exact) mass is 343 g/mol. The average molecular weight is 343 g/mol. The van der Waals surface area contributed by atoms with Crippen molar-refractivity contribution in [3.8, 4) is 0 Å². The van der Waals surface area contributed by atoms with Crippen LogP contribution in [0, 0.1) is 0 Å². The van der Waals surface area contributed by atoms with Gasteiger partial charge in [-0.15, -0.1) is 0 Å². The first-order chi connectivity index (χ1) is 11.9. The molecule has 0 fully saturated rings. The Balaban J connectivity index is 1.90. The van der Waals surface area contributed by atoms with Crippen molar-refractivity contribution in [1.82, 2.24) is 9.88 Å². The zero-order valence-corrected chi connectivity index (χ0v) is 13.7. The van der Waals surface area contributed by atoms with Crippen LogP contribution in [0.4, 0.5) is 5.69 Å². The van der Waals surface area contributed by atoms with E-state index in [1.54, 1.807) is 38.4 Å². The molecule has 0 spiro atoms. The molecule has 130 valence electrons. The van der Waals surface area contributed by atoms with Crippen molar-refractivity contribution in [3.63, 3.8) is 0 Å². The number of hydrogen-bond donors (Lipinski definition) is 2. The topological polar surface area (TPSA) is 109 Å². The molecular weight excluding hydrogens is 326 g/mol. The first kappa shape index (κ1) is 17.9. The maximum Gasteiger partial charge on any atom is 0.344 e. The third-order valence-corrected chi connectivity index (χ3v) is 3.19. The van der Waals surface area contributed by atoms with Crippen LogP contribution in [0.2, 0.25) is 0 Å². The number of H-pyrrole nitrogens is 1. The minimum absolute atomic E-state index is 0.153. The Morgan fingerprint density at radius 1 is 1.12 bits per heavy atom. The van der Waals surface area contributed by atoms with Crippen LogP contribution in [0.25, 0.3) is 0 Å². The number of ether oxygens (including phenoxy) is 1. The van der Waals surface area contributed by atoms with Crippen molar-refractivity contribution in [1.29, 1.82) is 0 Å². The lowest BCUT2D eigenvalue weighted by Crippen LogP contribution is -2.24. The number of carbonyl (C=O) groups is 3. The van der Waals surface area contributed by atoms with E-state index in [-0.39, 0.29) is 11.5 Å². The van der Waals surface area contributed by atoms with Gasteiger partial charge in [0.05, 0.1) is 0 Å². The molecule has 0 atom stereocenters. The lowest BCUT2D eigenvalue weighted by atomic mass is 10.2. The Hall–Kier alpha value is -3.42. The van der Waals surface area contributed by atoms with E-state index in [4.69, 9.17) is 4.74 Å². The minimum Gasteiger partial charge on any atom is -0.452 e. The number of carbonyl (C=O) groups excluding carboxylic acids is 3. The summed E-state index contributed by atoms with van der Waals surface area (Å²) >= 11 is 0. The molecule has 8 nitrogen and oxygen atoms in total. The summed E-state index contributed by atoms with van der Waals surface area (Å²) in [6.07, 6.45) is 1.39. The van der Waals surface area contributed by atoms with Crippen LogP contribution in [-0.2, 0) is 9.53 Å². The summed E-state index contributed by atoms with van der Waals surface area (Å²) in [6, 6.07) is 9.08. The van der Waals surface area contributed by atoms with Crippen LogP contribution >= 0.6 is 0 Å². The zero-order valence-electron chi connectivity index (χ0n) is 13.7. The molecule has 2 aromatic rings. The largest absolute Gasteiger partial charge is 0.452 e. The molecule has 0 saturated carbocycles. The molecule has 0 aliphatic heterocycles. The fourth-order valence-electron chi connectivity index (χ4n) is 1.94. The van der Waals surface area contributed by atoms with Crippen molar-refractivity contribution in [3.05, 3.63) is 64.1 Å². The normalized spacial score (nSPS) is 10.0. The number of pyridine rings is 1. The number of esters is 1. The van der Waals surface area contributed by atoms with E-state index in [1.165, 1.54) is 23.2 Å². The molecule has 0 bridgehead atoms. The standard InChI is InChI=1S/C17H17N3O5/c1-20(2)16(23)11-5-7-12(8-6-11)19-14(21)10-25-17(24)13-4-3-9-18-15(13)22/h3-9H,10H2,1-2H3,(H,18,22)(H,19,21). The summed E-state index contributed by atoms with van der Waals surface area (Å²) in [5.41, 5.74) is 0.169. The molecule has 2 N–H and O–H groups in total. The van der Waals surface area contributed by atoms with Crippen molar-refractivity contribution in [2.24, 2.45) is 0 Å². The van der Waals surface area contributed by atoms with E-state index in [9.17, 15) is 19.2 Å². The summed E-state index contributed by atoms with van der Waals surface area (Å²) in [5, 5.41) is 2.53. The highest BCUT2D eigenvalue weighted by atomic mass is 16.5. The molecule has 0 unspecified atom stereocenters. The molecule has 25 heavy (non-hydrogen) atoms. The Morgan fingerprint density at radius 2 is 1.80 bits per heavy atom. The molecule has 1 aromatic heterocycles. The lowest BCUT2D eigenvalue weighted by molar-refractivity contribution is -0.119. The molecule has 0 aliphatic rings. The van der Waals surface area contributed by atoms with E-state index >= 15 is 0 Å². The Kier molecular flexibility index (Phi) is 5.67. The van der Waals surface area contributed by atoms with Crippen LogP contribution in [0.5, 0.6) is 0 Å². The summed E-state index contributed by atoms with van der Waals surface area (Å²) in [5.74, 6) is -1.60. The van der Waals surface area contributed by atoms with Gasteiger partial charge in [0, 0.05) is 31.5 Å². The van der Waals surface area contributed by atoms with Gasteiger partial charge < -0.3 is 19.9 Å². The maximum atomic E-state index is 11.8. The SMILES string of the molecule is CN(C)C(=O)c1ccc(NC(=O)COC(=O)c2ccc[nH]c2=O)cc1. The summed E-state index contributed by atoms with van der Waals surface area (Å²) < 4.78 is 4.80. The number of aromatic nitrogens is 1. The highest BCUT2D eigenvalue weighted by molar-refractivity contribution is 5.97. The molecule has 8 heteroatoms. The third-order valence-electron chi connectivity index (χ3n) is 3.19. The maximum absolute atomic E-state index is 11.8. The number of hydrogen-bond acceptors (Lipinski definition) is 5. The predicted molar refractivity (Wildman–Crippen MR) is 90.4 cm³/mol. The molecule has 0 saturated heterocycles. The average Bonchev–Trinajstić information content (AvgIpc) is 2.60. The van der Waals surface area contributed by atoms with E-state index in [2.05, 4.69) is 10.3 Å². The third kappa shape index (κ3) is 4.77. The van der Waals surface area contributed by atoms with Gasteiger partial charge in [0.2, 0.25) is 0 Å². The lowest BCUT2D eigenvalue weighted by Gasteiger charge is -2.11. The number of rotatable bonds is 5. The highest BCUT2D eigenvalue weighted by Crippen LogP contribution is 2.10. The van der Waals surface area contributed by atoms with Crippen LogP contribution in [-0.4, -0.2) is 48.4 Å². The van der Waals surface area contributed by atoms with Crippen molar-refractivity contribution in [2.45, 2.75) is 0 Å². The fourth-order valence-corrected chi connectivity index (χ4v) is 1.94. The van der Waals surface area contributed by atoms with Crippen LogP contribution in [0.3, 0.4) is 0 Å². The molecule has 1 heterocycles. The van der Waals surface area contributed by atoms with Crippen LogP contribution in [0.15, 0.2) is 47.4 Å². The van der Waals surface area contributed by atoms with E-state index in [0.29, 0.717) is 11.3 Å². The molecule has 0 aliphatic carbocycles. The van der Waals surface area contributed by atoms with Crippen LogP contribution < -0.4 is 10.9 Å². The van der Waals surface area contributed by atoms with Gasteiger partial charge >= 0.3 is 5.97 Å². The van der Waals surface area contributed by atoms with Crippen molar-refractivity contribution >= 4 is 23.5 Å². The van der Waals surface area contributed by atoms with Gasteiger partial charge in [-0.3, -0.25) is 14.4 Å². The highest BCUT2D eigenvalue weighted by Gasteiger charge is 2.14. The first-order valence-corrected chi connectivity index (χ1v) is 7.35. The van der Waals surface area contributed by atoms with Gasteiger partial charge in [-0.1, -0.05) is 0 Å². The zero-order chi connectivity index (χ0) is 18.4. The van der Waals surface area contributed by atoms with Crippen molar-refractivity contribution in [2.75, 3.05) is 26.0 Å². The summed E-state index contributed by atoms with van der Waals surface area (Å²) in [7, 11) is 3.29. The van der Waals surface area contributed by atoms with Crippen LogP contribution in [0.1, 0.15) is 20.7 Å². The Labute approximate surface area is 143 Å². The van der Waals surface area contributed by atoms with Gasteiger partial charge in [-0.25, -0.2) is 4.79 Å². The first-order valence-electron chi connectivity index (χ1n) is 7.35. The van der Waals surface area contributed by atoms with E-state index < -0.39 is 24.0 Å².